The van der Waals surface area contributed by atoms with Crippen LogP contribution in [0.15, 0.2) is 24.4 Å². The van der Waals surface area contributed by atoms with Crippen molar-refractivity contribution in [3.8, 4) is 0 Å². The summed E-state index contributed by atoms with van der Waals surface area (Å²) in [6.45, 7) is 11.2. The molecule has 0 saturated heterocycles. The Morgan fingerprint density at radius 2 is 2.05 bits per heavy atom. The van der Waals surface area contributed by atoms with Crippen molar-refractivity contribution in [2.75, 3.05) is 13.2 Å². The van der Waals surface area contributed by atoms with Crippen molar-refractivity contribution in [1.29, 1.82) is 0 Å². The van der Waals surface area contributed by atoms with Crippen molar-refractivity contribution < 1.29 is 4.74 Å². The third-order valence-electron chi connectivity index (χ3n) is 3.75. The molecule has 0 radical (unpaired) electrons. The highest BCUT2D eigenvalue weighted by molar-refractivity contribution is 5.79. The number of nitrogens with zero attached hydrogens (tertiary/aromatic N) is 2. The van der Waals surface area contributed by atoms with Crippen LogP contribution < -0.4 is 0 Å². The molecule has 3 heteroatoms. The molecule has 110 valence electrons. The van der Waals surface area contributed by atoms with E-state index in [1.54, 1.807) is 0 Å². The third-order valence-corrected chi connectivity index (χ3v) is 3.75. The zero-order valence-corrected chi connectivity index (χ0v) is 13.1. The Kier molecular flexibility index (Phi) is 5.18. The summed E-state index contributed by atoms with van der Waals surface area (Å²) in [5.41, 5.74) is 2.60. The van der Waals surface area contributed by atoms with Gasteiger partial charge in [-0.05, 0) is 36.0 Å². The van der Waals surface area contributed by atoms with E-state index >= 15 is 0 Å². The van der Waals surface area contributed by atoms with E-state index in [1.165, 1.54) is 22.9 Å². The molecule has 0 amide bonds. The predicted molar refractivity (Wildman–Crippen MR) is 84.1 cm³/mol. The maximum Gasteiger partial charge on any atom is 0.0683 e. The molecule has 0 saturated carbocycles. The van der Waals surface area contributed by atoms with E-state index in [4.69, 9.17) is 4.74 Å². The van der Waals surface area contributed by atoms with Gasteiger partial charge >= 0.3 is 0 Å². The second kappa shape index (κ2) is 6.89. The Balaban J connectivity index is 2.05. The van der Waals surface area contributed by atoms with Gasteiger partial charge in [0.1, 0.15) is 0 Å². The first-order valence-electron chi connectivity index (χ1n) is 7.65. The van der Waals surface area contributed by atoms with Gasteiger partial charge in [0.25, 0.3) is 0 Å². The van der Waals surface area contributed by atoms with Crippen LogP contribution in [0, 0.1) is 5.92 Å². The Morgan fingerprint density at radius 1 is 1.25 bits per heavy atom. The van der Waals surface area contributed by atoms with Gasteiger partial charge in [-0.15, -0.1) is 0 Å². The smallest absolute Gasteiger partial charge is 0.0683 e. The minimum atomic E-state index is 0.586. The van der Waals surface area contributed by atoms with Gasteiger partial charge in [-0.3, -0.25) is 4.68 Å². The first-order chi connectivity index (χ1) is 9.61. The Morgan fingerprint density at radius 3 is 2.75 bits per heavy atom. The number of aromatic nitrogens is 2. The highest BCUT2D eigenvalue weighted by Gasteiger charge is 2.07. The fourth-order valence-electron chi connectivity index (χ4n) is 2.30. The molecule has 20 heavy (non-hydrogen) atoms. The lowest BCUT2D eigenvalue weighted by Crippen LogP contribution is -2.10. The number of fused-ring (bicyclic) bond motifs is 1. The Bertz CT molecular complexity index is 545. The standard InChI is InChI=1S/C17H26N2O/c1-5-14(4)15-6-7-17-16(10-15)11-18-19(17)8-9-20-12-13(2)3/h6-7,10-11,13-14H,5,8-9,12H2,1-4H3. The lowest BCUT2D eigenvalue weighted by Gasteiger charge is -2.10. The molecule has 2 aromatic rings. The van der Waals surface area contributed by atoms with Gasteiger partial charge in [-0.25, -0.2) is 0 Å². The van der Waals surface area contributed by atoms with Crippen LogP contribution in [0.1, 0.15) is 45.6 Å². The van der Waals surface area contributed by atoms with Gasteiger partial charge in [0.15, 0.2) is 0 Å². The second-order valence-electron chi connectivity index (χ2n) is 5.96. The van der Waals surface area contributed by atoms with Gasteiger partial charge in [-0.2, -0.15) is 5.10 Å². The monoisotopic (exact) mass is 274 g/mol. The van der Waals surface area contributed by atoms with E-state index in [0.717, 1.165) is 19.8 Å². The van der Waals surface area contributed by atoms with Gasteiger partial charge in [0.05, 0.1) is 24.9 Å². The molecule has 3 nitrogen and oxygen atoms in total. The molecule has 1 aromatic carbocycles. The van der Waals surface area contributed by atoms with Crippen LogP contribution in [-0.2, 0) is 11.3 Å². The topological polar surface area (TPSA) is 27.1 Å². The summed E-state index contributed by atoms with van der Waals surface area (Å²) in [5, 5.41) is 5.70. The number of ether oxygens (including phenoxy) is 1. The van der Waals surface area contributed by atoms with E-state index in [9.17, 15) is 0 Å². The van der Waals surface area contributed by atoms with Crippen LogP contribution in [0.2, 0.25) is 0 Å². The molecular formula is C17H26N2O. The van der Waals surface area contributed by atoms with Gasteiger partial charge in [0, 0.05) is 12.0 Å². The van der Waals surface area contributed by atoms with Crippen LogP contribution in [-0.4, -0.2) is 23.0 Å². The van der Waals surface area contributed by atoms with E-state index in [-0.39, 0.29) is 0 Å². The average Bonchev–Trinajstić information content (AvgIpc) is 2.84. The van der Waals surface area contributed by atoms with Gasteiger partial charge < -0.3 is 4.74 Å². The summed E-state index contributed by atoms with van der Waals surface area (Å²) in [7, 11) is 0. The molecule has 0 aliphatic carbocycles. The van der Waals surface area contributed by atoms with Crippen molar-refractivity contribution in [3.63, 3.8) is 0 Å². The number of benzene rings is 1. The van der Waals surface area contributed by atoms with Crippen molar-refractivity contribution in [1.82, 2.24) is 9.78 Å². The summed E-state index contributed by atoms with van der Waals surface area (Å²) in [5.74, 6) is 1.19. The largest absolute Gasteiger partial charge is 0.379 e. The highest BCUT2D eigenvalue weighted by Crippen LogP contribution is 2.23. The third kappa shape index (κ3) is 3.60. The van der Waals surface area contributed by atoms with E-state index in [0.29, 0.717) is 11.8 Å². The molecular weight excluding hydrogens is 248 g/mol. The van der Waals surface area contributed by atoms with Crippen LogP contribution in [0.4, 0.5) is 0 Å². The molecule has 1 atom stereocenters. The van der Waals surface area contributed by atoms with Crippen LogP contribution >= 0.6 is 0 Å². The first kappa shape index (κ1) is 15.0. The summed E-state index contributed by atoms with van der Waals surface area (Å²) < 4.78 is 7.67. The quantitative estimate of drug-likeness (QED) is 0.707. The molecule has 0 spiro atoms. The van der Waals surface area contributed by atoms with E-state index < -0.39 is 0 Å². The number of hydrogen-bond donors (Lipinski definition) is 0. The number of rotatable bonds is 7. The lowest BCUT2D eigenvalue weighted by atomic mass is 9.98. The molecule has 1 unspecified atom stereocenters. The SMILES string of the molecule is CCC(C)c1ccc2c(cnn2CCOCC(C)C)c1. The number of hydrogen-bond acceptors (Lipinski definition) is 2. The molecule has 0 bridgehead atoms. The predicted octanol–water partition coefficient (Wildman–Crippen LogP) is 4.22. The average molecular weight is 274 g/mol. The minimum absolute atomic E-state index is 0.586. The fourth-order valence-corrected chi connectivity index (χ4v) is 2.30. The second-order valence-corrected chi connectivity index (χ2v) is 5.96. The minimum Gasteiger partial charge on any atom is -0.379 e. The normalized spacial score (nSPS) is 13.2. The molecule has 0 N–H and O–H groups in total. The lowest BCUT2D eigenvalue weighted by molar-refractivity contribution is 0.102. The summed E-state index contributed by atoms with van der Waals surface area (Å²) >= 11 is 0. The maximum absolute atomic E-state index is 5.64. The molecule has 1 heterocycles. The molecule has 0 aliphatic heterocycles. The van der Waals surface area contributed by atoms with Crippen LogP contribution in [0.3, 0.4) is 0 Å². The first-order valence-corrected chi connectivity index (χ1v) is 7.65. The zero-order chi connectivity index (χ0) is 14.5. The highest BCUT2D eigenvalue weighted by atomic mass is 16.5. The Labute approximate surface area is 121 Å². The van der Waals surface area contributed by atoms with E-state index in [1.807, 2.05) is 10.9 Å². The van der Waals surface area contributed by atoms with Gasteiger partial charge in [0.2, 0.25) is 0 Å². The van der Waals surface area contributed by atoms with Crippen LogP contribution in [0.5, 0.6) is 0 Å². The van der Waals surface area contributed by atoms with Crippen molar-refractivity contribution in [2.45, 2.75) is 46.6 Å². The van der Waals surface area contributed by atoms with Crippen molar-refractivity contribution in [2.24, 2.45) is 5.92 Å². The summed E-state index contributed by atoms with van der Waals surface area (Å²) in [6.07, 6.45) is 3.13. The van der Waals surface area contributed by atoms with E-state index in [2.05, 4.69) is 51.0 Å². The molecule has 2 rings (SSSR count). The molecule has 0 fully saturated rings. The summed E-state index contributed by atoms with van der Waals surface area (Å²) in [6, 6.07) is 6.68. The summed E-state index contributed by atoms with van der Waals surface area (Å²) in [4.78, 5) is 0. The molecule has 0 aliphatic rings. The van der Waals surface area contributed by atoms with Crippen molar-refractivity contribution in [3.05, 3.63) is 30.0 Å². The zero-order valence-electron chi connectivity index (χ0n) is 13.1. The Hall–Kier alpha value is -1.35. The fraction of sp³-hybridized carbons (Fsp3) is 0.588. The van der Waals surface area contributed by atoms with Gasteiger partial charge in [-0.1, -0.05) is 33.8 Å². The van der Waals surface area contributed by atoms with Crippen molar-refractivity contribution >= 4 is 10.9 Å². The van der Waals surface area contributed by atoms with Crippen LogP contribution in [0.25, 0.3) is 10.9 Å². The molecule has 1 aromatic heterocycles. The maximum atomic E-state index is 5.64.